The van der Waals surface area contributed by atoms with Crippen molar-refractivity contribution >= 4 is 5.71 Å². The minimum atomic E-state index is 0.127. The van der Waals surface area contributed by atoms with Crippen LogP contribution in [0.5, 0.6) is 0 Å². The van der Waals surface area contributed by atoms with Crippen LogP contribution in [-0.4, -0.2) is 5.71 Å². The van der Waals surface area contributed by atoms with Gasteiger partial charge in [0.25, 0.3) is 0 Å². The summed E-state index contributed by atoms with van der Waals surface area (Å²) in [6.07, 6.45) is 7.63. The summed E-state index contributed by atoms with van der Waals surface area (Å²) < 4.78 is 0. The van der Waals surface area contributed by atoms with Crippen LogP contribution >= 0.6 is 0 Å². The van der Waals surface area contributed by atoms with Gasteiger partial charge >= 0.3 is 0 Å². The topological polar surface area (TPSA) is 12.4 Å². The summed E-state index contributed by atoms with van der Waals surface area (Å²) in [4.78, 5) is 4.55. The molecule has 0 unspecified atom stereocenters. The summed E-state index contributed by atoms with van der Waals surface area (Å²) >= 11 is 0. The molecule has 0 aliphatic heterocycles. The number of rotatable bonds is 3. The normalized spacial score (nSPS) is 14.9. The molecule has 0 saturated carbocycles. The second kappa shape index (κ2) is 5.58. The van der Waals surface area contributed by atoms with Gasteiger partial charge in [-0.25, -0.2) is 0 Å². The van der Waals surface area contributed by atoms with Crippen molar-refractivity contribution in [2.45, 2.75) is 34.6 Å². The van der Waals surface area contributed by atoms with Gasteiger partial charge in [0.2, 0.25) is 0 Å². The lowest BCUT2D eigenvalue weighted by Gasteiger charge is -2.17. The summed E-state index contributed by atoms with van der Waals surface area (Å²) in [6, 6.07) is 0. The Morgan fingerprint density at radius 3 is 2.21 bits per heavy atom. The van der Waals surface area contributed by atoms with Crippen LogP contribution in [0.15, 0.2) is 41.6 Å². The zero-order chi connectivity index (χ0) is 11.2. The van der Waals surface area contributed by atoms with Crippen LogP contribution in [0.4, 0.5) is 0 Å². The Labute approximate surface area is 87.9 Å². The van der Waals surface area contributed by atoms with E-state index >= 15 is 0 Å². The molecule has 0 atom stereocenters. The first-order valence-electron chi connectivity index (χ1n) is 4.93. The maximum Gasteiger partial charge on any atom is 0.0625 e. The third-order valence-electron chi connectivity index (χ3n) is 2.01. The van der Waals surface area contributed by atoms with Crippen LogP contribution in [0, 0.1) is 5.41 Å². The predicted molar refractivity (Wildman–Crippen MR) is 65.7 cm³/mol. The van der Waals surface area contributed by atoms with Crippen LogP contribution in [0.25, 0.3) is 0 Å². The number of nitrogens with zero attached hydrogens (tertiary/aromatic N) is 1. The Morgan fingerprint density at radius 2 is 1.86 bits per heavy atom. The van der Waals surface area contributed by atoms with Gasteiger partial charge in [-0.15, -0.1) is 0 Å². The van der Waals surface area contributed by atoms with Gasteiger partial charge in [0.05, 0.1) is 5.70 Å². The molecule has 0 radical (unpaired) electrons. The minimum absolute atomic E-state index is 0.127. The molecule has 0 aromatic rings. The summed E-state index contributed by atoms with van der Waals surface area (Å²) in [5, 5.41) is 0. The molecule has 0 N–H and O–H groups in total. The number of aliphatic imine (C=N–C) groups is 1. The lowest BCUT2D eigenvalue weighted by molar-refractivity contribution is 0.587. The molecule has 0 aliphatic carbocycles. The fraction of sp³-hybridized carbons (Fsp3) is 0.462. The van der Waals surface area contributed by atoms with Crippen LogP contribution in [0.1, 0.15) is 34.6 Å². The molecule has 0 heterocycles. The van der Waals surface area contributed by atoms with Gasteiger partial charge in [0.15, 0.2) is 0 Å². The molecule has 0 saturated heterocycles. The molecule has 78 valence electrons. The highest BCUT2D eigenvalue weighted by Crippen LogP contribution is 2.17. The van der Waals surface area contributed by atoms with Gasteiger partial charge in [-0.05, 0) is 31.4 Å². The molecule has 0 aromatic carbocycles. The van der Waals surface area contributed by atoms with Crippen LogP contribution < -0.4 is 0 Å². The van der Waals surface area contributed by atoms with Crippen LogP contribution in [-0.2, 0) is 0 Å². The van der Waals surface area contributed by atoms with Crippen molar-refractivity contribution in [3.8, 4) is 0 Å². The summed E-state index contributed by atoms with van der Waals surface area (Å²) in [7, 11) is 0. The molecule has 0 aromatic heterocycles. The van der Waals surface area contributed by atoms with Crippen molar-refractivity contribution in [2.24, 2.45) is 10.4 Å². The standard InChI is InChI=1S/C13H21N/c1-7-9-12(10-8-2)14-11(3)13(4,5)6/h7-10H,1H2,2-6H3/b10-8+,12-9-,14-11+. The monoisotopic (exact) mass is 191 g/mol. The molecule has 0 fully saturated rings. The molecular formula is C13H21N. The summed E-state index contributed by atoms with van der Waals surface area (Å²) in [6.45, 7) is 14.2. The molecule has 0 aliphatic rings. The summed E-state index contributed by atoms with van der Waals surface area (Å²) in [5.41, 5.74) is 2.21. The maximum absolute atomic E-state index is 4.55. The van der Waals surface area contributed by atoms with E-state index in [1.807, 2.05) is 25.2 Å². The second-order valence-electron chi connectivity index (χ2n) is 4.27. The lowest BCUT2D eigenvalue weighted by atomic mass is 9.91. The van der Waals surface area contributed by atoms with Crippen LogP contribution in [0.3, 0.4) is 0 Å². The van der Waals surface area contributed by atoms with Gasteiger partial charge in [0.1, 0.15) is 0 Å². The van der Waals surface area contributed by atoms with Gasteiger partial charge in [-0.2, -0.15) is 0 Å². The van der Waals surface area contributed by atoms with E-state index < -0.39 is 0 Å². The molecule has 14 heavy (non-hydrogen) atoms. The van der Waals surface area contributed by atoms with E-state index in [0.717, 1.165) is 11.4 Å². The van der Waals surface area contributed by atoms with E-state index in [9.17, 15) is 0 Å². The number of hydrogen-bond donors (Lipinski definition) is 0. The third kappa shape index (κ3) is 4.80. The molecule has 1 nitrogen and oxygen atoms in total. The Balaban J connectivity index is 4.92. The molecule has 0 spiro atoms. The van der Waals surface area contributed by atoms with Crippen molar-refractivity contribution in [1.29, 1.82) is 0 Å². The van der Waals surface area contributed by atoms with E-state index in [1.165, 1.54) is 0 Å². The Morgan fingerprint density at radius 1 is 1.29 bits per heavy atom. The van der Waals surface area contributed by atoms with Gasteiger partial charge in [-0.3, -0.25) is 4.99 Å². The number of allylic oxidation sites excluding steroid dienone is 4. The summed E-state index contributed by atoms with van der Waals surface area (Å²) in [5.74, 6) is 0. The average molecular weight is 191 g/mol. The third-order valence-corrected chi connectivity index (χ3v) is 2.01. The highest BCUT2D eigenvalue weighted by atomic mass is 14.8. The lowest BCUT2D eigenvalue weighted by Crippen LogP contribution is -2.16. The first-order chi connectivity index (χ1) is 6.41. The highest BCUT2D eigenvalue weighted by Gasteiger charge is 2.13. The van der Waals surface area contributed by atoms with Crippen molar-refractivity contribution in [3.05, 3.63) is 36.6 Å². The minimum Gasteiger partial charge on any atom is -0.258 e. The highest BCUT2D eigenvalue weighted by molar-refractivity contribution is 5.88. The van der Waals surface area contributed by atoms with E-state index in [4.69, 9.17) is 0 Å². The van der Waals surface area contributed by atoms with E-state index in [-0.39, 0.29) is 5.41 Å². The molecule has 0 rings (SSSR count). The SMILES string of the molecule is C=C/C=C(/C=C/C)\N=C(/C)C(C)(C)C. The number of hydrogen-bond acceptors (Lipinski definition) is 1. The molecule has 0 amide bonds. The maximum atomic E-state index is 4.55. The average Bonchev–Trinajstić information content (AvgIpc) is 2.03. The fourth-order valence-corrected chi connectivity index (χ4v) is 0.783. The van der Waals surface area contributed by atoms with E-state index in [1.54, 1.807) is 6.08 Å². The van der Waals surface area contributed by atoms with Gasteiger partial charge < -0.3 is 0 Å². The smallest absolute Gasteiger partial charge is 0.0625 e. The molecular weight excluding hydrogens is 170 g/mol. The van der Waals surface area contributed by atoms with E-state index in [0.29, 0.717) is 0 Å². The zero-order valence-electron chi connectivity index (χ0n) is 9.96. The van der Waals surface area contributed by atoms with Gasteiger partial charge in [-0.1, -0.05) is 39.5 Å². The van der Waals surface area contributed by atoms with Crippen molar-refractivity contribution in [2.75, 3.05) is 0 Å². The predicted octanol–water partition coefficient (Wildman–Crippen LogP) is 4.14. The van der Waals surface area contributed by atoms with Crippen LogP contribution in [0.2, 0.25) is 0 Å². The fourth-order valence-electron chi connectivity index (χ4n) is 0.783. The zero-order valence-corrected chi connectivity index (χ0v) is 9.96. The Kier molecular flexibility index (Phi) is 5.14. The molecule has 1 heteroatoms. The van der Waals surface area contributed by atoms with Crippen molar-refractivity contribution in [3.63, 3.8) is 0 Å². The second-order valence-corrected chi connectivity index (χ2v) is 4.27. The quantitative estimate of drug-likeness (QED) is 0.469. The Bertz CT molecular complexity index is 272. The largest absolute Gasteiger partial charge is 0.258 e. The van der Waals surface area contributed by atoms with Gasteiger partial charge in [0, 0.05) is 5.71 Å². The Hall–Kier alpha value is -1.11. The van der Waals surface area contributed by atoms with Crippen molar-refractivity contribution in [1.82, 2.24) is 0 Å². The first kappa shape index (κ1) is 12.9. The van der Waals surface area contributed by atoms with Crippen molar-refractivity contribution < 1.29 is 0 Å². The van der Waals surface area contributed by atoms with E-state index in [2.05, 4.69) is 39.3 Å². The molecule has 0 bridgehead atoms. The first-order valence-corrected chi connectivity index (χ1v) is 4.93.